The summed E-state index contributed by atoms with van der Waals surface area (Å²) in [5, 5.41) is 16.3. The number of nitrogens with zero attached hydrogens (tertiary/aromatic N) is 3. The number of unbranched alkanes of at least 4 members (excludes halogenated alkanes) is 1. The molecule has 4 rings (SSSR count). The lowest BCUT2D eigenvalue weighted by molar-refractivity contribution is 0.321. The zero-order valence-corrected chi connectivity index (χ0v) is 16.4. The fraction of sp³-hybridized carbons (Fsp3) is 0.348. The lowest BCUT2D eigenvalue weighted by atomic mass is 9.92. The van der Waals surface area contributed by atoms with Gasteiger partial charge in [0, 0.05) is 29.0 Å². The number of rotatable bonds is 7. The molecule has 1 aliphatic rings. The van der Waals surface area contributed by atoms with Crippen molar-refractivity contribution in [2.75, 3.05) is 11.9 Å². The van der Waals surface area contributed by atoms with E-state index in [1.54, 1.807) is 6.07 Å². The largest absolute Gasteiger partial charge is 0.411 e. The first kappa shape index (κ1) is 19.3. The third kappa shape index (κ3) is 4.36. The van der Waals surface area contributed by atoms with E-state index in [0.29, 0.717) is 0 Å². The van der Waals surface area contributed by atoms with E-state index in [-0.39, 0.29) is 5.69 Å². The molecule has 0 radical (unpaired) electrons. The highest BCUT2D eigenvalue weighted by Gasteiger charge is 2.17. The number of hydrogen-bond donors (Lipinski definition) is 2. The Morgan fingerprint density at radius 1 is 1.07 bits per heavy atom. The van der Waals surface area contributed by atoms with Crippen molar-refractivity contribution in [2.24, 2.45) is 5.16 Å². The van der Waals surface area contributed by atoms with Crippen molar-refractivity contribution in [1.82, 2.24) is 9.97 Å². The zero-order chi connectivity index (χ0) is 20.1. The third-order valence-electron chi connectivity index (χ3n) is 5.44. The number of halogens is 1. The topological polar surface area (TPSA) is 70.4 Å². The molecule has 0 atom stereocenters. The average molecular weight is 392 g/mol. The van der Waals surface area contributed by atoms with Crippen molar-refractivity contribution in [2.45, 2.75) is 44.9 Å². The third-order valence-corrected chi connectivity index (χ3v) is 5.44. The number of fused-ring (bicyclic) bond motifs is 2. The van der Waals surface area contributed by atoms with E-state index >= 15 is 0 Å². The van der Waals surface area contributed by atoms with Crippen LogP contribution in [0.5, 0.6) is 0 Å². The summed E-state index contributed by atoms with van der Waals surface area (Å²) in [5.74, 6) is -0.484. The molecule has 0 fully saturated rings. The molecule has 1 aliphatic carbocycles. The monoisotopic (exact) mass is 392 g/mol. The molecule has 0 spiro atoms. The smallest absolute Gasteiger partial charge is 0.150 e. The molecule has 150 valence electrons. The Labute approximate surface area is 169 Å². The van der Waals surface area contributed by atoms with E-state index in [4.69, 9.17) is 10.2 Å². The standard InChI is InChI=1S/C23H25FN4O/c24-19-13-12-16(27-22(19)15-26-29)7-5-6-14-25-23-17-8-1-3-10-20(17)28-21-11-4-2-9-18(21)23/h1,3,8,10,12-13,15,29H,2,4-7,9,11,14H2,(H,25,28). The first-order valence-corrected chi connectivity index (χ1v) is 10.2. The summed E-state index contributed by atoms with van der Waals surface area (Å²) >= 11 is 0. The Morgan fingerprint density at radius 3 is 2.83 bits per heavy atom. The van der Waals surface area contributed by atoms with Crippen molar-refractivity contribution in [1.29, 1.82) is 0 Å². The van der Waals surface area contributed by atoms with Crippen LogP contribution in [0.2, 0.25) is 0 Å². The first-order valence-electron chi connectivity index (χ1n) is 10.2. The molecule has 0 unspecified atom stereocenters. The molecule has 0 saturated carbocycles. The van der Waals surface area contributed by atoms with Gasteiger partial charge < -0.3 is 10.5 Å². The quantitative estimate of drug-likeness (QED) is 0.260. The normalized spacial score (nSPS) is 13.7. The number of para-hydroxylation sites is 1. The highest BCUT2D eigenvalue weighted by molar-refractivity contribution is 5.93. The Balaban J connectivity index is 1.40. The van der Waals surface area contributed by atoms with Gasteiger partial charge in [-0.2, -0.15) is 0 Å². The van der Waals surface area contributed by atoms with Gasteiger partial charge in [-0.3, -0.25) is 4.98 Å². The number of nitrogens with one attached hydrogen (secondary N) is 1. The van der Waals surface area contributed by atoms with Crippen LogP contribution >= 0.6 is 0 Å². The van der Waals surface area contributed by atoms with Gasteiger partial charge in [0.1, 0.15) is 5.69 Å². The number of benzene rings is 1. The molecule has 2 N–H and O–H groups in total. The molecule has 2 aromatic heterocycles. The van der Waals surface area contributed by atoms with E-state index in [2.05, 4.69) is 33.7 Å². The first-order chi connectivity index (χ1) is 14.3. The highest BCUT2D eigenvalue weighted by atomic mass is 19.1. The number of aromatic nitrogens is 2. The predicted octanol–water partition coefficient (Wildman–Crippen LogP) is 4.89. The summed E-state index contributed by atoms with van der Waals surface area (Å²) in [5.41, 5.74) is 5.79. The maximum atomic E-state index is 13.6. The second-order valence-corrected chi connectivity index (χ2v) is 7.43. The van der Waals surface area contributed by atoms with Crippen LogP contribution in [0.3, 0.4) is 0 Å². The predicted molar refractivity (Wildman–Crippen MR) is 113 cm³/mol. The fourth-order valence-corrected chi connectivity index (χ4v) is 4.00. The van der Waals surface area contributed by atoms with Crippen LogP contribution < -0.4 is 5.32 Å². The second-order valence-electron chi connectivity index (χ2n) is 7.43. The Kier molecular flexibility index (Phi) is 5.98. The van der Waals surface area contributed by atoms with Crippen LogP contribution in [0.25, 0.3) is 10.9 Å². The lowest BCUT2D eigenvalue weighted by Gasteiger charge is -2.21. The van der Waals surface area contributed by atoms with Crippen LogP contribution in [0, 0.1) is 5.82 Å². The number of aryl methyl sites for hydroxylation is 2. The summed E-state index contributed by atoms with van der Waals surface area (Å²) in [6.07, 6.45) is 8.28. The Hall–Kier alpha value is -3.02. The molecule has 0 amide bonds. The van der Waals surface area contributed by atoms with Crippen LogP contribution in [0.4, 0.5) is 10.1 Å². The molecule has 0 saturated heterocycles. The molecule has 6 heteroatoms. The average Bonchev–Trinajstić information content (AvgIpc) is 2.75. The van der Waals surface area contributed by atoms with Crippen LogP contribution in [0.15, 0.2) is 41.6 Å². The Morgan fingerprint density at radius 2 is 1.93 bits per heavy atom. The van der Waals surface area contributed by atoms with Gasteiger partial charge in [0.15, 0.2) is 5.82 Å². The molecule has 0 aliphatic heterocycles. The van der Waals surface area contributed by atoms with Crippen molar-refractivity contribution >= 4 is 22.8 Å². The summed E-state index contributed by atoms with van der Waals surface area (Å²) < 4.78 is 13.6. The van der Waals surface area contributed by atoms with Gasteiger partial charge in [0.25, 0.3) is 0 Å². The number of anilines is 1. The minimum absolute atomic E-state index is 0.0676. The lowest BCUT2D eigenvalue weighted by Crippen LogP contribution is -2.12. The van der Waals surface area contributed by atoms with E-state index in [0.717, 1.165) is 56.1 Å². The van der Waals surface area contributed by atoms with Crippen LogP contribution in [0.1, 0.15) is 48.3 Å². The highest BCUT2D eigenvalue weighted by Crippen LogP contribution is 2.33. The molecular formula is C23H25FN4O. The van der Waals surface area contributed by atoms with Gasteiger partial charge >= 0.3 is 0 Å². The van der Waals surface area contributed by atoms with Gasteiger partial charge in [-0.1, -0.05) is 23.4 Å². The molecule has 2 heterocycles. The van der Waals surface area contributed by atoms with Gasteiger partial charge in [-0.05, 0) is 68.7 Å². The summed E-state index contributed by atoms with van der Waals surface area (Å²) in [7, 11) is 0. The van der Waals surface area contributed by atoms with Crippen LogP contribution in [-0.4, -0.2) is 27.9 Å². The summed E-state index contributed by atoms with van der Waals surface area (Å²) in [6, 6.07) is 11.4. The molecule has 0 bridgehead atoms. The minimum Gasteiger partial charge on any atom is -0.411 e. The van der Waals surface area contributed by atoms with E-state index in [9.17, 15) is 4.39 Å². The number of oxime groups is 1. The van der Waals surface area contributed by atoms with Gasteiger partial charge in [0.2, 0.25) is 0 Å². The van der Waals surface area contributed by atoms with E-state index in [1.807, 2.05) is 6.07 Å². The van der Waals surface area contributed by atoms with Gasteiger partial charge in [0.05, 0.1) is 11.7 Å². The maximum absolute atomic E-state index is 13.6. The van der Waals surface area contributed by atoms with Gasteiger partial charge in [-0.25, -0.2) is 9.37 Å². The minimum atomic E-state index is -0.484. The van der Waals surface area contributed by atoms with Gasteiger partial charge in [-0.15, -0.1) is 0 Å². The van der Waals surface area contributed by atoms with Crippen molar-refractivity contribution in [3.05, 3.63) is 64.9 Å². The summed E-state index contributed by atoms with van der Waals surface area (Å²) in [6.45, 7) is 0.868. The van der Waals surface area contributed by atoms with Crippen molar-refractivity contribution < 1.29 is 9.60 Å². The van der Waals surface area contributed by atoms with E-state index < -0.39 is 5.82 Å². The molecule has 29 heavy (non-hydrogen) atoms. The maximum Gasteiger partial charge on any atom is 0.150 e. The fourth-order valence-electron chi connectivity index (χ4n) is 4.00. The van der Waals surface area contributed by atoms with Crippen LogP contribution in [-0.2, 0) is 19.3 Å². The molecule has 3 aromatic rings. The second kappa shape index (κ2) is 8.99. The zero-order valence-electron chi connectivity index (χ0n) is 16.4. The molecule has 5 nitrogen and oxygen atoms in total. The molecule has 1 aromatic carbocycles. The van der Waals surface area contributed by atoms with Crippen molar-refractivity contribution in [3.63, 3.8) is 0 Å². The number of hydrogen-bond acceptors (Lipinski definition) is 5. The molecular weight excluding hydrogens is 367 g/mol. The summed E-state index contributed by atoms with van der Waals surface area (Å²) in [4.78, 5) is 9.09. The number of pyridine rings is 2. The SMILES string of the molecule is ON=Cc1nc(CCCCNc2c3c(nc4ccccc24)CCCC3)ccc1F. The van der Waals surface area contributed by atoms with E-state index in [1.165, 1.54) is 41.2 Å². The van der Waals surface area contributed by atoms with Crippen molar-refractivity contribution in [3.8, 4) is 0 Å². The Bertz CT molecular complexity index is 1030.